The van der Waals surface area contributed by atoms with Crippen LogP contribution in [0, 0.1) is 10.1 Å². The molecule has 0 radical (unpaired) electrons. The van der Waals surface area contributed by atoms with Crippen LogP contribution >= 0.6 is 34.8 Å². The Balaban J connectivity index is 2.37. The average Bonchev–Trinajstić information content (AvgIpc) is 2.99. The van der Waals surface area contributed by atoms with Crippen molar-refractivity contribution in [3.8, 4) is 22.4 Å². The molecule has 1 aromatic heterocycles. The molecule has 0 saturated heterocycles. The van der Waals surface area contributed by atoms with Gasteiger partial charge < -0.3 is 4.98 Å². The molecule has 1 heterocycles. The van der Waals surface area contributed by atoms with Crippen LogP contribution < -0.4 is 0 Å². The summed E-state index contributed by atoms with van der Waals surface area (Å²) in [5.74, 6) is 0. The first-order valence-corrected chi connectivity index (χ1v) is 8.42. The fourth-order valence-corrected chi connectivity index (χ4v) is 3.07. The summed E-state index contributed by atoms with van der Waals surface area (Å²) in [6.07, 6.45) is -4.86. The first-order valence-electron chi connectivity index (χ1n) is 7.28. The predicted molar refractivity (Wildman–Crippen MR) is 98.4 cm³/mol. The summed E-state index contributed by atoms with van der Waals surface area (Å²) in [6, 6.07) is 9.30. The van der Waals surface area contributed by atoms with Gasteiger partial charge in [-0.15, -0.1) is 0 Å². The third kappa shape index (κ3) is 3.76. The van der Waals surface area contributed by atoms with Gasteiger partial charge in [0.1, 0.15) is 11.4 Å². The molecule has 0 saturated carbocycles. The van der Waals surface area contributed by atoms with Crippen molar-refractivity contribution in [3.05, 3.63) is 73.3 Å². The zero-order valence-corrected chi connectivity index (χ0v) is 15.3. The number of alkyl halides is 3. The Bertz CT molecular complexity index is 1030. The highest BCUT2D eigenvalue weighted by atomic mass is 35.5. The van der Waals surface area contributed by atoms with Gasteiger partial charge in [-0.2, -0.15) is 13.2 Å². The van der Waals surface area contributed by atoms with E-state index >= 15 is 0 Å². The van der Waals surface area contributed by atoms with E-state index < -0.39 is 28.0 Å². The lowest BCUT2D eigenvalue weighted by atomic mass is 10.0. The summed E-state index contributed by atoms with van der Waals surface area (Å²) < 4.78 is 40.8. The van der Waals surface area contributed by atoms with Gasteiger partial charge in [-0.3, -0.25) is 10.1 Å². The maximum Gasteiger partial charge on any atom is 0.432 e. The molecule has 0 fully saturated rings. The second-order valence-electron chi connectivity index (χ2n) is 5.49. The summed E-state index contributed by atoms with van der Waals surface area (Å²) in [5.41, 5.74) is -2.77. The van der Waals surface area contributed by atoms with Gasteiger partial charge in [-0.05, 0) is 29.8 Å². The predicted octanol–water partition coefficient (Wildman–Crippen LogP) is 7.24. The quantitative estimate of drug-likeness (QED) is 0.348. The van der Waals surface area contributed by atoms with Crippen LogP contribution in [-0.4, -0.2) is 9.91 Å². The summed E-state index contributed by atoms with van der Waals surface area (Å²) in [7, 11) is 0. The molecular weight excluding hydrogens is 428 g/mol. The molecule has 1 N–H and O–H groups in total. The average molecular weight is 436 g/mol. The fourth-order valence-electron chi connectivity index (χ4n) is 2.64. The van der Waals surface area contributed by atoms with E-state index in [9.17, 15) is 23.3 Å². The molecule has 0 aliphatic carbocycles. The van der Waals surface area contributed by atoms with E-state index in [-0.39, 0.29) is 26.9 Å². The highest BCUT2D eigenvalue weighted by Crippen LogP contribution is 2.47. The van der Waals surface area contributed by atoms with Crippen molar-refractivity contribution in [2.24, 2.45) is 0 Å². The molecule has 0 unspecified atom stereocenters. The van der Waals surface area contributed by atoms with Gasteiger partial charge in [0, 0.05) is 10.6 Å². The normalized spacial score (nSPS) is 11.6. The number of benzene rings is 2. The number of H-pyrrole nitrogens is 1. The SMILES string of the molecule is O=[N+]([O-])c1c(-c2ccc(Cl)cc2)[nH]c(C(F)(F)F)c1-c1ccc(Cl)c(Cl)c1. The summed E-state index contributed by atoms with van der Waals surface area (Å²) in [5, 5.41) is 12.1. The van der Waals surface area contributed by atoms with Crippen molar-refractivity contribution >= 4 is 40.5 Å². The Hall–Kier alpha value is -2.22. The molecule has 0 spiro atoms. The van der Waals surface area contributed by atoms with Crippen molar-refractivity contribution in [1.29, 1.82) is 0 Å². The van der Waals surface area contributed by atoms with Crippen LogP contribution in [0.25, 0.3) is 22.4 Å². The lowest BCUT2D eigenvalue weighted by Gasteiger charge is -2.08. The number of nitrogens with one attached hydrogen (secondary N) is 1. The monoisotopic (exact) mass is 434 g/mol. The van der Waals surface area contributed by atoms with E-state index in [1.807, 2.05) is 0 Å². The van der Waals surface area contributed by atoms with E-state index in [1.54, 1.807) is 0 Å². The molecule has 0 aliphatic rings. The van der Waals surface area contributed by atoms with Gasteiger partial charge in [0.15, 0.2) is 0 Å². The van der Waals surface area contributed by atoms with Crippen LogP contribution in [0.2, 0.25) is 15.1 Å². The molecule has 10 heteroatoms. The van der Waals surface area contributed by atoms with Gasteiger partial charge in [-0.25, -0.2) is 0 Å². The molecule has 0 amide bonds. The molecule has 0 bridgehead atoms. The minimum absolute atomic E-state index is 0.0224. The maximum absolute atomic E-state index is 13.6. The van der Waals surface area contributed by atoms with E-state index in [2.05, 4.69) is 4.98 Å². The lowest BCUT2D eigenvalue weighted by molar-refractivity contribution is -0.383. The second-order valence-corrected chi connectivity index (χ2v) is 6.74. The summed E-state index contributed by atoms with van der Waals surface area (Å²) in [4.78, 5) is 13.0. The van der Waals surface area contributed by atoms with Crippen LogP contribution in [0.4, 0.5) is 18.9 Å². The Morgan fingerprint density at radius 3 is 2.04 bits per heavy atom. The number of aromatic amines is 1. The van der Waals surface area contributed by atoms with E-state index in [4.69, 9.17) is 34.8 Å². The number of rotatable bonds is 3. The summed E-state index contributed by atoms with van der Waals surface area (Å²) >= 11 is 17.5. The molecular formula is C17H8Cl3F3N2O2. The molecule has 0 atom stereocenters. The van der Waals surface area contributed by atoms with Crippen LogP contribution in [0.3, 0.4) is 0 Å². The third-order valence-electron chi connectivity index (χ3n) is 3.78. The van der Waals surface area contributed by atoms with Crippen molar-refractivity contribution in [2.75, 3.05) is 0 Å². The zero-order chi connectivity index (χ0) is 19.9. The van der Waals surface area contributed by atoms with Crippen LogP contribution in [-0.2, 0) is 6.18 Å². The van der Waals surface area contributed by atoms with Gasteiger partial charge in [0.2, 0.25) is 0 Å². The van der Waals surface area contributed by atoms with E-state index in [0.717, 1.165) is 6.07 Å². The fraction of sp³-hybridized carbons (Fsp3) is 0.0588. The molecule has 3 rings (SSSR count). The first-order chi connectivity index (χ1) is 12.6. The molecule has 0 aliphatic heterocycles. The maximum atomic E-state index is 13.6. The van der Waals surface area contributed by atoms with Crippen molar-refractivity contribution in [3.63, 3.8) is 0 Å². The number of hydrogen-bond acceptors (Lipinski definition) is 2. The molecule has 2 aromatic carbocycles. The molecule has 27 heavy (non-hydrogen) atoms. The number of halogens is 6. The summed E-state index contributed by atoms with van der Waals surface area (Å²) in [6.45, 7) is 0. The topological polar surface area (TPSA) is 58.9 Å². The number of nitro groups is 1. The van der Waals surface area contributed by atoms with Crippen molar-refractivity contribution < 1.29 is 18.1 Å². The zero-order valence-electron chi connectivity index (χ0n) is 13.1. The van der Waals surface area contributed by atoms with E-state index in [0.29, 0.717) is 5.02 Å². The molecule has 140 valence electrons. The smallest absolute Gasteiger partial charge is 0.345 e. The van der Waals surface area contributed by atoms with Gasteiger partial charge >= 0.3 is 11.9 Å². The Morgan fingerprint density at radius 2 is 1.52 bits per heavy atom. The molecule has 3 aromatic rings. The third-order valence-corrected chi connectivity index (χ3v) is 4.77. The molecule has 4 nitrogen and oxygen atoms in total. The van der Waals surface area contributed by atoms with Gasteiger partial charge in [0.25, 0.3) is 0 Å². The number of aromatic nitrogens is 1. The largest absolute Gasteiger partial charge is 0.432 e. The number of hydrogen-bond donors (Lipinski definition) is 1. The van der Waals surface area contributed by atoms with Gasteiger partial charge in [0.05, 0.1) is 20.5 Å². The minimum atomic E-state index is -4.86. The van der Waals surface area contributed by atoms with Crippen LogP contribution in [0.15, 0.2) is 42.5 Å². The Kier molecular flexibility index (Phi) is 5.12. The lowest BCUT2D eigenvalue weighted by Crippen LogP contribution is -2.07. The minimum Gasteiger partial charge on any atom is -0.345 e. The second kappa shape index (κ2) is 7.07. The Morgan fingerprint density at radius 1 is 0.926 bits per heavy atom. The highest BCUT2D eigenvalue weighted by molar-refractivity contribution is 6.42. The van der Waals surface area contributed by atoms with Crippen LogP contribution in [0.5, 0.6) is 0 Å². The highest BCUT2D eigenvalue weighted by Gasteiger charge is 2.42. The van der Waals surface area contributed by atoms with Gasteiger partial charge in [-0.1, -0.05) is 53.0 Å². The Labute approximate surface area is 165 Å². The van der Waals surface area contributed by atoms with Crippen LogP contribution in [0.1, 0.15) is 5.69 Å². The number of nitrogens with zero attached hydrogens (tertiary/aromatic N) is 1. The van der Waals surface area contributed by atoms with Crippen molar-refractivity contribution in [2.45, 2.75) is 6.18 Å². The standard InChI is InChI=1S/C17H8Cl3F3N2O2/c18-10-4-1-8(2-5-10)14-15(25(26)27)13(16(24-14)17(21,22)23)9-3-6-11(19)12(20)7-9/h1-7,24H. The first kappa shape index (κ1) is 19.5. The van der Waals surface area contributed by atoms with E-state index in [1.165, 1.54) is 36.4 Å². The van der Waals surface area contributed by atoms with Crippen molar-refractivity contribution in [1.82, 2.24) is 4.98 Å².